The smallest absolute Gasteiger partial charge is 0.146 e. The monoisotopic (exact) mass is 174 g/mol. The maximum atomic E-state index is 5.36. The summed E-state index contributed by atoms with van der Waals surface area (Å²) in [5, 5.41) is 0. The van der Waals surface area contributed by atoms with E-state index in [-0.39, 0.29) is 0 Å². The first kappa shape index (κ1) is 11.9. The standard InChI is InChI=1S/C10H22O2/c1-5-9(2)6-7-10(3)12-8-11-4/h9-10H,5-8H2,1-4H3. The van der Waals surface area contributed by atoms with E-state index in [1.807, 2.05) is 0 Å². The molecule has 0 aliphatic heterocycles. The summed E-state index contributed by atoms with van der Waals surface area (Å²) in [6.07, 6.45) is 3.98. The third-order valence-electron chi connectivity index (χ3n) is 2.23. The van der Waals surface area contributed by atoms with Crippen LogP contribution in [0.4, 0.5) is 0 Å². The lowest BCUT2D eigenvalue weighted by atomic mass is 10.0. The van der Waals surface area contributed by atoms with Crippen LogP contribution >= 0.6 is 0 Å². The first-order chi connectivity index (χ1) is 5.70. The van der Waals surface area contributed by atoms with E-state index in [2.05, 4.69) is 20.8 Å². The number of ether oxygens (including phenoxy) is 2. The average molecular weight is 174 g/mol. The van der Waals surface area contributed by atoms with Gasteiger partial charge in [-0.2, -0.15) is 0 Å². The van der Waals surface area contributed by atoms with Crippen LogP contribution in [0, 0.1) is 5.92 Å². The van der Waals surface area contributed by atoms with Crippen LogP contribution in [-0.2, 0) is 9.47 Å². The predicted molar refractivity (Wildman–Crippen MR) is 51.1 cm³/mol. The molecular weight excluding hydrogens is 152 g/mol. The summed E-state index contributed by atoms with van der Waals surface area (Å²) in [7, 11) is 1.65. The van der Waals surface area contributed by atoms with Crippen molar-refractivity contribution in [2.24, 2.45) is 5.92 Å². The van der Waals surface area contributed by atoms with Crippen LogP contribution in [-0.4, -0.2) is 20.0 Å². The molecule has 0 radical (unpaired) electrons. The van der Waals surface area contributed by atoms with Crippen molar-refractivity contribution in [1.82, 2.24) is 0 Å². The molecule has 0 aliphatic carbocycles. The fourth-order valence-corrected chi connectivity index (χ4v) is 0.991. The molecule has 0 aromatic rings. The maximum Gasteiger partial charge on any atom is 0.146 e. The molecule has 2 unspecified atom stereocenters. The van der Waals surface area contributed by atoms with E-state index in [1.54, 1.807) is 7.11 Å². The van der Waals surface area contributed by atoms with Crippen molar-refractivity contribution >= 4 is 0 Å². The van der Waals surface area contributed by atoms with Gasteiger partial charge in [-0.15, -0.1) is 0 Å². The number of hydrogen-bond donors (Lipinski definition) is 0. The second-order valence-electron chi connectivity index (χ2n) is 3.47. The summed E-state index contributed by atoms with van der Waals surface area (Å²) in [4.78, 5) is 0. The Morgan fingerprint density at radius 2 is 1.83 bits per heavy atom. The van der Waals surface area contributed by atoms with Gasteiger partial charge in [0, 0.05) is 7.11 Å². The molecule has 74 valence electrons. The van der Waals surface area contributed by atoms with E-state index in [9.17, 15) is 0 Å². The van der Waals surface area contributed by atoms with Gasteiger partial charge >= 0.3 is 0 Å². The second-order valence-corrected chi connectivity index (χ2v) is 3.47. The highest BCUT2D eigenvalue weighted by atomic mass is 16.7. The predicted octanol–water partition coefficient (Wildman–Crippen LogP) is 2.82. The molecule has 2 nitrogen and oxygen atoms in total. The average Bonchev–Trinajstić information content (AvgIpc) is 2.10. The Labute approximate surface area is 76.3 Å². The first-order valence-electron chi connectivity index (χ1n) is 4.81. The summed E-state index contributed by atoms with van der Waals surface area (Å²) >= 11 is 0. The largest absolute Gasteiger partial charge is 0.359 e. The molecule has 0 heterocycles. The Morgan fingerprint density at radius 1 is 1.17 bits per heavy atom. The van der Waals surface area contributed by atoms with Crippen molar-refractivity contribution in [1.29, 1.82) is 0 Å². The van der Waals surface area contributed by atoms with E-state index < -0.39 is 0 Å². The fourth-order valence-electron chi connectivity index (χ4n) is 0.991. The Bertz CT molecular complexity index is 93.8. The highest BCUT2D eigenvalue weighted by molar-refractivity contribution is 4.55. The first-order valence-corrected chi connectivity index (χ1v) is 4.81. The molecule has 0 amide bonds. The van der Waals surface area contributed by atoms with Crippen molar-refractivity contribution in [3.8, 4) is 0 Å². The maximum absolute atomic E-state index is 5.36. The molecule has 2 atom stereocenters. The van der Waals surface area contributed by atoms with Crippen molar-refractivity contribution in [2.45, 2.75) is 46.1 Å². The molecule has 0 saturated heterocycles. The summed E-state index contributed by atoms with van der Waals surface area (Å²) in [6.45, 7) is 7.03. The Balaban J connectivity index is 3.24. The molecule has 0 bridgehead atoms. The van der Waals surface area contributed by atoms with E-state index >= 15 is 0 Å². The number of rotatable bonds is 7. The topological polar surface area (TPSA) is 18.5 Å². The van der Waals surface area contributed by atoms with Crippen molar-refractivity contribution in [3.63, 3.8) is 0 Å². The lowest BCUT2D eigenvalue weighted by molar-refractivity contribution is -0.0686. The Morgan fingerprint density at radius 3 is 2.33 bits per heavy atom. The summed E-state index contributed by atoms with van der Waals surface area (Å²) in [6, 6.07) is 0. The van der Waals surface area contributed by atoms with Gasteiger partial charge in [-0.25, -0.2) is 0 Å². The van der Waals surface area contributed by atoms with Gasteiger partial charge in [-0.05, 0) is 25.7 Å². The van der Waals surface area contributed by atoms with E-state index in [0.717, 1.165) is 12.3 Å². The SMILES string of the molecule is CCC(C)CCC(C)OCOC. The highest BCUT2D eigenvalue weighted by Crippen LogP contribution is 2.12. The quantitative estimate of drug-likeness (QED) is 0.552. The molecule has 0 spiro atoms. The lowest BCUT2D eigenvalue weighted by Gasteiger charge is -2.14. The minimum atomic E-state index is 0.332. The fraction of sp³-hybridized carbons (Fsp3) is 1.00. The minimum absolute atomic E-state index is 0.332. The molecule has 0 aromatic heterocycles. The van der Waals surface area contributed by atoms with E-state index in [0.29, 0.717) is 12.9 Å². The van der Waals surface area contributed by atoms with Gasteiger partial charge in [0.15, 0.2) is 0 Å². The van der Waals surface area contributed by atoms with E-state index in [1.165, 1.54) is 12.8 Å². The summed E-state index contributed by atoms with van der Waals surface area (Å²) in [5.74, 6) is 0.818. The van der Waals surface area contributed by atoms with Crippen LogP contribution in [0.5, 0.6) is 0 Å². The van der Waals surface area contributed by atoms with Crippen molar-refractivity contribution in [2.75, 3.05) is 13.9 Å². The zero-order valence-electron chi connectivity index (χ0n) is 8.80. The normalized spacial score (nSPS) is 16.0. The van der Waals surface area contributed by atoms with Gasteiger partial charge < -0.3 is 9.47 Å². The van der Waals surface area contributed by atoms with Crippen LogP contribution in [0.2, 0.25) is 0 Å². The zero-order chi connectivity index (χ0) is 9.40. The summed E-state index contributed by atoms with van der Waals surface area (Å²) < 4.78 is 10.2. The summed E-state index contributed by atoms with van der Waals surface area (Å²) in [5.41, 5.74) is 0. The van der Waals surface area contributed by atoms with Gasteiger partial charge in [0.1, 0.15) is 6.79 Å². The third kappa shape index (κ3) is 6.62. The van der Waals surface area contributed by atoms with Crippen LogP contribution in [0.3, 0.4) is 0 Å². The molecule has 12 heavy (non-hydrogen) atoms. The Kier molecular flexibility index (Phi) is 7.51. The molecule has 0 rings (SSSR count). The molecule has 0 aliphatic rings. The van der Waals surface area contributed by atoms with Gasteiger partial charge in [0.05, 0.1) is 6.10 Å². The van der Waals surface area contributed by atoms with Gasteiger partial charge in [0.2, 0.25) is 0 Å². The lowest BCUT2D eigenvalue weighted by Crippen LogP contribution is -2.11. The van der Waals surface area contributed by atoms with Crippen molar-refractivity contribution in [3.05, 3.63) is 0 Å². The number of hydrogen-bond acceptors (Lipinski definition) is 2. The van der Waals surface area contributed by atoms with E-state index in [4.69, 9.17) is 9.47 Å². The van der Waals surface area contributed by atoms with Crippen molar-refractivity contribution < 1.29 is 9.47 Å². The van der Waals surface area contributed by atoms with Gasteiger partial charge in [-0.3, -0.25) is 0 Å². The molecule has 0 fully saturated rings. The Hall–Kier alpha value is -0.0800. The van der Waals surface area contributed by atoms with Crippen LogP contribution in [0.25, 0.3) is 0 Å². The molecular formula is C10H22O2. The number of methoxy groups -OCH3 is 1. The molecule has 0 N–H and O–H groups in total. The third-order valence-corrected chi connectivity index (χ3v) is 2.23. The van der Waals surface area contributed by atoms with Gasteiger partial charge in [-0.1, -0.05) is 20.3 Å². The van der Waals surface area contributed by atoms with Crippen LogP contribution in [0.1, 0.15) is 40.0 Å². The zero-order valence-corrected chi connectivity index (χ0v) is 8.80. The van der Waals surface area contributed by atoms with Crippen LogP contribution < -0.4 is 0 Å². The molecule has 0 aromatic carbocycles. The molecule has 2 heteroatoms. The second kappa shape index (κ2) is 7.56. The minimum Gasteiger partial charge on any atom is -0.359 e. The highest BCUT2D eigenvalue weighted by Gasteiger charge is 2.04. The molecule has 0 saturated carbocycles. The van der Waals surface area contributed by atoms with Gasteiger partial charge in [0.25, 0.3) is 0 Å². The van der Waals surface area contributed by atoms with Crippen LogP contribution in [0.15, 0.2) is 0 Å².